The minimum absolute atomic E-state index is 0.335. The molecule has 0 saturated heterocycles. The molecule has 3 N–H and O–H groups in total. The van der Waals surface area contributed by atoms with Gasteiger partial charge in [-0.2, -0.15) is 4.37 Å². The number of rotatable bonds is 9. The Morgan fingerprint density at radius 3 is 2.22 bits per heavy atom. The van der Waals surface area contributed by atoms with Gasteiger partial charge in [-0.1, -0.05) is 18.2 Å². The van der Waals surface area contributed by atoms with Crippen LogP contribution in [0.4, 0.5) is 22.2 Å². The molecule has 11 nitrogen and oxygen atoms in total. The Morgan fingerprint density at radius 2 is 1.51 bits per heavy atom. The quantitative estimate of drug-likeness (QED) is 0.205. The van der Waals surface area contributed by atoms with Crippen molar-refractivity contribution < 1.29 is 23.8 Å². The standard InChI is InChI=1S/C29H26N6O5S/c1-16-25(29(41-35-16)34-24-15-30-20-10-5-6-11-21(20)33-24)28(37)31-18-9-7-8-17(12-18)27(36)32-19-13-22(38-2)26(40-4)23(14-19)39-3/h5-15H,1-4H3,(H,31,37)(H,32,36)(H,33,34). The number of hydrogen-bond donors (Lipinski definition) is 3. The lowest BCUT2D eigenvalue weighted by Crippen LogP contribution is -2.16. The maximum atomic E-state index is 13.3. The Balaban J connectivity index is 1.33. The van der Waals surface area contributed by atoms with Crippen LogP contribution in [-0.2, 0) is 0 Å². The Morgan fingerprint density at radius 1 is 0.805 bits per heavy atom. The van der Waals surface area contributed by atoms with Gasteiger partial charge in [0.05, 0.1) is 49.8 Å². The van der Waals surface area contributed by atoms with E-state index in [4.69, 9.17) is 14.2 Å². The first-order chi connectivity index (χ1) is 19.9. The highest BCUT2D eigenvalue weighted by atomic mass is 32.1. The molecule has 3 aromatic carbocycles. The Bertz CT molecular complexity index is 1730. The monoisotopic (exact) mass is 570 g/mol. The maximum Gasteiger partial charge on any atom is 0.260 e. The van der Waals surface area contributed by atoms with E-state index in [-0.39, 0.29) is 11.8 Å². The van der Waals surface area contributed by atoms with Crippen molar-refractivity contribution in [1.82, 2.24) is 14.3 Å². The molecule has 0 radical (unpaired) electrons. The second-order valence-electron chi connectivity index (χ2n) is 8.74. The Labute approximate surface area is 239 Å². The second kappa shape index (κ2) is 11.9. The smallest absolute Gasteiger partial charge is 0.260 e. The molecule has 2 aromatic heterocycles. The van der Waals surface area contributed by atoms with Gasteiger partial charge in [0.2, 0.25) is 5.75 Å². The molecule has 2 amide bonds. The summed E-state index contributed by atoms with van der Waals surface area (Å²) in [5.41, 5.74) is 3.65. The number of hydrogen-bond acceptors (Lipinski definition) is 10. The van der Waals surface area contributed by atoms with Crippen LogP contribution in [0.1, 0.15) is 26.4 Å². The van der Waals surface area contributed by atoms with E-state index in [1.54, 1.807) is 49.5 Å². The fourth-order valence-corrected chi connectivity index (χ4v) is 4.95. The number of aromatic nitrogens is 3. The van der Waals surface area contributed by atoms with Gasteiger partial charge in [0.25, 0.3) is 11.8 Å². The number of para-hydroxylation sites is 2. The molecule has 41 heavy (non-hydrogen) atoms. The number of amides is 2. The van der Waals surface area contributed by atoms with Crippen LogP contribution in [0.5, 0.6) is 17.2 Å². The fourth-order valence-electron chi connectivity index (χ4n) is 4.14. The number of carbonyl (C=O) groups is 2. The molecule has 12 heteroatoms. The van der Waals surface area contributed by atoms with Crippen molar-refractivity contribution in [2.75, 3.05) is 37.3 Å². The van der Waals surface area contributed by atoms with Crippen LogP contribution in [-0.4, -0.2) is 47.5 Å². The predicted octanol–water partition coefficient (Wildman–Crippen LogP) is 5.67. The van der Waals surface area contributed by atoms with Crippen LogP contribution in [0.15, 0.2) is 66.9 Å². The first kappa shape index (κ1) is 27.3. The van der Waals surface area contributed by atoms with E-state index in [9.17, 15) is 9.59 Å². The number of nitrogens with zero attached hydrogens (tertiary/aromatic N) is 3. The number of benzene rings is 3. The molecule has 5 aromatic rings. The van der Waals surface area contributed by atoms with Gasteiger partial charge in [-0.15, -0.1) is 0 Å². The third kappa shape index (κ3) is 5.87. The average molecular weight is 571 g/mol. The highest BCUT2D eigenvalue weighted by Gasteiger charge is 2.20. The molecule has 5 rings (SSSR count). The van der Waals surface area contributed by atoms with Gasteiger partial charge < -0.3 is 30.2 Å². The molecule has 0 saturated carbocycles. The molecule has 0 spiro atoms. The summed E-state index contributed by atoms with van der Waals surface area (Å²) in [6.45, 7) is 1.75. The summed E-state index contributed by atoms with van der Waals surface area (Å²) in [4.78, 5) is 35.4. The molecular weight excluding hydrogens is 544 g/mol. The normalized spacial score (nSPS) is 10.6. The second-order valence-corrected chi connectivity index (χ2v) is 9.52. The van der Waals surface area contributed by atoms with E-state index in [0.29, 0.717) is 56.3 Å². The van der Waals surface area contributed by atoms with Gasteiger partial charge in [-0.05, 0) is 48.8 Å². The Kier molecular flexibility index (Phi) is 7.92. The van der Waals surface area contributed by atoms with Gasteiger partial charge in [0.1, 0.15) is 10.8 Å². The molecule has 0 atom stereocenters. The topological polar surface area (TPSA) is 137 Å². The van der Waals surface area contributed by atoms with Crippen molar-refractivity contribution in [2.45, 2.75) is 6.92 Å². The number of nitrogens with one attached hydrogen (secondary N) is 3. The number of ether oxygens (including phenoxy) is 3. The van der Waals surface area contributed by atoms with Gasteiger partial charge in [-0.3, -0.25) is 14.6 Å². The maximum absolute atomic E-state index is 13.3. The third-order valence-corrected chi connectivity index (χ3v) is 6.94. The van der Waals surface area contributed by atoms with Crippen LogP contribution >= 0.6 is 11.5 Å². The van der Waals surface area contributed by atoms with E-state index in [1.807, 2.05) is 24.3 Å². The minimum atomic E-state index is -0.388. The summed E-state index contributed by atoms with van der Waals surface area (Å²) in [5, 5.41) is 9.39. The molecule has 0 fully saturated rings. The minimum Gasteiger partial charge on any atom is -0.493 e. The van der Waals surface area contributed by atoms with Crippen molar-refractivity contribution in [3.63, 3.8) is 0 Å². The zero-order chi connectivity index (χ0) is 28.9. The molecule has 0 aliphatic carbocycles. The number of aryl methyl sites for hydroxylation is 1. The summed E-state index contributed by atoms with van der Waals surface area (Å²) in [7, 11) is 4.49. The zero-order valence-corrected chi connectivity index (χ0v) is 23.5. The van der Waals surface area contributed by atoms with Crippen LogP contribution in [0.3, 0.4) is 0 Å². The summed E-state index contributed by atoms with van der Waals surface area (Å²) in [6.07, 6.45) is 1.61. The SMILES string of the molecule is COc1cc(NC(=O)c2cccc(NC(=O)c3c(C)nsc3Nc3cnc4ccccc4n3)c2)cc(OC)c1OC. The lowest BCUT2D eigenvalue weighted by atomic mass is 10.1. The highest BCUT2D eigenvalue weighted by molar-refractivity contribution is 7.10. The molecule has 208 valence electrons. The molecule has 0 unspecified atom stereocenters. The molecule has 0 aliphatic rings. The fraction of sp³-hybridized carbons (Fsp3) is 0.138. The van der Waals surface area contributed by atoms with E-state index >= 15 is 0 Å². The summed E-state index contributed by atoms with van der Waals surface area (Å²) in [5.74, 6) is 0.948. The van der Waals surface area contributed by atoms with E-state index in [2.05, 4.69) is 30.3 Å². The number of methoxy groups -OCH3 is 3. The summed E-state index contributed by atoms with van der Waals surface area (Å²) in [6, 6.07) is 17.4. The summed E-state index contributed by atoms with van der Waals surface area (Å²) >= 11 is 1.15. The van der Waals surface area contributed by atoms with Crippen molar-refractivity contribution in [2.24, 2.45) is 0 Å². The number of anilines is 4. The highest BCUT2D eigenvalue weighted by Crippen LogP contribution is 2.40. The first-order valence-electron chi connectivity index (χ1n) is 12.4. The van der Waals surface area contributed by atoms with Crippen LogP contribution in [0, 0.1) is 6.92 Å². The lowest BCUT2D eigenvalue weighted by Gasteiger charge is -2.15. The van der Waals surface area contributed by atoms with E-state index in [1.165, 1.54) is 21.3 Å². The van der Waals surface area contributed by atoms with E-state index in [0.717, 1.165) is 22.6 Å². The number of carbonyl (C=O) groups excluding carboxylic acids is 2. The molecule has 2 heterocycles. The van der Waals surface area contributed by atoms with Crippen molar-refractivity contribution in [3.05, 3.63) is 83.7 Å². The van der Waals surface area contributed by atoms with Gasteiger partial charge >= 0.3 is 0 Å². The predicted molar refractivity (Wildman–Crippen MR) is 158 cm³/mol. The van der Waals surface area contributed by atoms with E-state index < -0.39 is 0 Å². The van der Waals surface area contributed by atoms with Gasteiger partial charge in [0, 0.05) is 29.1 Å². The molecular formula is C29H26N6O5S. The average Bonchev–Trinajstić information content (AvgIpc) is 3.36. The third-order valence-electron chi connectivity index (χ3n) is 6.09. The lowest BCUT2D eigenvalue weighted by molar-refractivity contribution is 0.101. The largest absolute Gasteiger partial charge is 0.493 e. The van der Waals surface area contributed by atoms with Gasteiger partial charge in [-0.25, -0.2) is 4.98 Å². The molecule has 0 bridgehead atoms. The van der Waals surface area contributed by atoms with Crippen molar-refractivity contribution >= 4 is 56.6 Å². The number of fused-ring (bicyclic) bond motifs is 1. The van der Waals surface area contributed by atoms with Crippen molar-refractivity contribution in [3.8, 4) is 17.2 Å². The van der Waals surface area contributed by atoms with Crippen LogP contribution in [0.25, 0.3) is 11.0 Å². The van der Waals surface area contributed by atoms with Crippen LogP contribution in [0.2, 0.25) is 0 Å². The van der Waals surface area contributed by atoms with Gasteiger partial charge in [0.15, 0.2) is 11.5 Å². The van der Waals surface area contributed by atoms with Crippen molar-refractivity contribution in [1.29, 1.82) is 0 Å². The van der Waals surface area contributed by atoms with Crippen LogP contribution < -0.4 is 30.2 Å². The molecule has 0 aliphatic heterocycles. The zero-order valence-electron chi connectivity index (χ0n) is 22.6. The summed E-state index contributed by atoms with van der Waals surface area (Å²) < 4.78 is 20.4. The Hall–Kier alpha value is -5.23. The first-order valence-corrected chi connectivity index (χ1v) is 13.2.